The van der Waals surface area contributed by atoms with E-state index in [4.69, 9.17) is 0 Å². The Morgan fingerprint density at radius 2 is 1.97 bits per heavy atom. The minimum Gasteiger partial charge on any atom is -0.481 e. The van der Waals surface area contributed by atoms with Gasteiger partial charge < -0.3 is 15.3 Å². The molecule has 3 rings (SSSR count). The SMILES string of the molecule is CCC[C@H]1CCCCN1C(=O)c1cc(C(=O)NC(CC(=O)O)c2ccccc2C)nn1CC. The zero-order valence-corrected chi connectivity index (χ0v) is 19.7. The summed E-state index contributed by atoms with van der Waals surface area (Å²) in [6.45, 7) is 7.05. The molecule has 1 aliphatic rings. The molecule has 1 aromatic carbocycles. The second-order valence-corrected chi connectivity index (χ2v) is 8.65. The molecule has 0 spiro atoms. The molecular weight excluding hydrogens is 420 g/mol. The highest BCUT2D eigenvalue weighted by molar-refractivity contribution is 5.98. The largest absolute Gasteiger partial charge is 0.481 e. The maximum atomic E-state index is 13.4. The number of nitrogens with zero attached hydrogens (tertiary/aromatic N) is 3. The maximum absolute atomic E-state index is 13.4. The van der Waals surface area contributed by atoms with Gasteiger partial charge >= 0.3 is 5.97 Å². The van der Waals surface area contributed by atoms with Crippen molar-refractivity contribution < 1.29 is 19.5 Å². The van der Waals surface area contributed by atoms with Gasteiger partial charge in [-0.3, -0.25) is 19.1 Å². The summed E-state index contributed by atoms with van der Waals surface area (Å²) in [7, 11) is 0. The first-order valence-electron chi connectivity index (χ1n) is 11.8. The summed E-state index contributed by atoms with van der Waals surface area (Å²) in [4.78, 5) is 39.8. The van der Waals surface area contributed by atoms with Crippen LogP contribution in [0.1, 0.15) is 90.5 Å². The summed E-state index contributed by atoms with van der Waals surface area (Å²) in [5.41, 5.74) is 2.16. The van der Waals surface area contributed by atoms with E-state index in [1.807, 2.05) is 43.0 Å². The predicted molar refractivity (Wildman–Crippen MR) is 125 cm³/mol. The first kappa shape index (κ1) is 24.5. The van der Waals surface area contributed by atoms with E-state index in [1.165, 1.54) is 6.07 Å². The van der Waals surface area contributed by atoms with Crippen LogP contribution in [0.5, 0.6) is 0 Å². The zero-order chi connectivity index (χ0) is 24.0. The molecule has 2 N–H and O–H groups in total. The van der Waals surface area contributed by atoms with Crippen LogP contribution in [-0.2, 0) is 11.3 Å². The van der Waals surface area contributed by atoms with E-state index in [-0.39, 0.29) is 24.1 Å². The molecule has 2 aromatic rings. The van der Waals surface area contributed by atoms with Crippen molar-refractivity contribution in [1.82, 2.24) is 20.0 Å². The van der Waals surface area contributed by atoms with E-state index < -0.39 is 17.9 Å². The van der Waals surface area contributed by atoms with Gasteiger partial charge in [0.15, 0.2) is 5.69 Å². The van der Waals surface area contributed by atoms with E-state index in [9.17, 15) is 19.5 Å². The first-order valence-corrected chi connectivity index (χ1v) is 11.8. The van der Waals surface area contributed by atoms with E-state index in [0.717, 1.165) is 43.2 Å². The third kappa shape index (κ3) is 5.80. The number of piperidine rings is 1. The van der Waals surface area contributed by atoms with Gasteiger partial charge in [0, 0.05) is 25.2 Å². The minimum atomic E-state index is -1.01. The Morgan fingerprint density at radius 3 is 2.64 bits per heavy atom. The van der Waals surface area contributed by atoms with Crippen molar-refractivity contribution in [3.05, 3.63) is 52.8 Å². The van der Waals surface area contributed by atoms with Crippen molar-refractivity contribution in [2.75, 3.05) is 6.54 Å². The Kier molecular flexibility index (Phi) is 8.25. The molecule has 1 unspecified atom stereocenters. The maximum Gasteiger partial charge on any atom is 0.305 e. The van der Waals surface area contributed by atoms with Crippen LogP contribution in [0.3, 0.4) is 0 Å². The third-order valence-corrected chi connectivity index (χ3v) is 6.29. The molecule has 8 heteroatoms. The predicted octanol–water partition coefficient (Wildman–Crippen LogP) is 3.95. The topological polar surface area (TPSA) is 105 Å². The number of likely N-dealkylation sites (tertiary alicyclic amines) is 1. The van der Waals surface area contributed by atoms with Gasteiger partial charge in [0.1, 0.15) is 5.69 Å². The Labute approximate surface area is 195 Å². The summed E-state index contributed by atoms with van der Waals surface area (Å²) in [5.74, 6) is -1.59. The van der Waals surface area contributed by atoms with Gasteiger partial charge in [0.05, 0.1) is 12.5 Å². The Hall–Kier alpha value is -3.16. The first-order chi connectivity index (χ1) is 15.8. The van der Waals surface area contributed by atoms with E-state index in [2.05, 4.69) is 17.3 Å². The lowest BCUT2D eigenvalue weighted by molar-refractivity contribution is -0.137. The summed E-state index contributed by atoms with van der Waals surface area (Å²) >= 11 is 0. The van der Waals surface area contributed by atoms with Gasteiger partial charge in [-0.1, -0.05) is 37.6 Å². The highest BCUT2D eigenvalue weighted by atomic mass is 16.4. The normalized spacial score (nSPS) is 16.9. The van der Waals surface area contributed by atoms with Crippen molar-refractivity contribution in [3.8, 4) is 0 Å². The molecule has 0 radical (unpaired) electrons. The molecule has 1 saturated heterocycles. The average Bonchev–Trinajstić information content (AvgIpc) is 3.23. The molecular formula is C25H34N4O4. The smallest absolute Gasteiger partial charge is 0.305 e. The van der Waals surface area contributed by atoms with Crippen LogP contribution in [0.15, 0.2) is 30.3 Å². The van der Waals surface area contributed by atoms with E-state index in [0.29, 0.717) is 18.8 Å². The number of hydrogen-bond donors (Lipinski definition) is 2. The molecule has 178 valence electrons. The highest BCUT2D eigenvalue weighted by Crippen LogP contribution is 2.24. The fraction of sp³-hybridized carbons (Fsp3) is 0.520. The van der Waals surface area contributed by atoms with Crippen LogP contribution in [0.2, 0.25) is 0 Å². The molecule has 8 nitrogen and oxygen atoms in total. The lowest BCUT2D eigenvalue weighted by Crippen LogP contribution is -2.44. The number of benzene rings is 1. The number of carboxylic acids is 1. The van der Waals surface area contributed by atoms with Crippen molar-refractivity contribution in [2.24, 2.45) is 0 Å². The summed E-state index contributed by atoms with van der Waals surface area (Å²) in [5, 5.41) is 16.6. The molecule has 33 heavy (non-hydrogen) atoms. The molecule has 1 fully saturated rings. The van der Waals surface area contributed by atoms with Gasteiger partial charge in [0.25, 0.3) is 11.8 Å². The zero-order valence-electron chi connectivity index (χ0n) is 19.7. The molecule has 0 saturated carbocycles. The summed E-state index contributed by atoms with van der Waals surface area (Å²) < 4.78 is 1.56. The van der Waals surface area contributed by atoms with Crippen molar-refractivity contribution in [2.45, 2.75) is 77.9 Å². The lowest BCUT2D eigenvalue weighted by Gasteiger charge is -2.35. The fourth-order valence-corrected chi connectivity index (χ4v) is 4.61. The number of rotatable bonds is 9. The number of carbonyl (C=O) groups excluding carboxylic acids is 2. The molecule has 1 aliphatic heterocycles. The molecule has 1 aromatic heterocycles. The number of aliphatic carboxylic acids is 1. The number of aryl methyl sites for hydroxylation is 2. The van der Waals surface area contributed by atoms with Crippen LogP contribution >= 0.6 is 0 Å². The lowest BCUT2D eigenvalue weighted by atomic mass is 9.97. The number of nitrogens with one attached hydrogen (secondary N) is 1. The van der Waals surface area contributed by atoms with Crippen LogP contribution in [0.4, 0.5) is 0 Å². The van der Waals surface area contributed by atoms with Crippen molar-refractivity contribution >= 4 is 17.8 Å². The monoisotopic (exact) mass is 454 g/mol. The standard InChI is InChI=1S/C25H34N4O4/c1-4-10-18-12-8-9-14-28(18)25(33)22-15-21(27-29(22)5-2)24(32)26-20(16-23(30)31)19-13-7-6-11-17(19)3/h6-7,11,13,15,18,20H,4-5,8-10,12,14,16H2,1-3H3,(H,26,32)(H,30,31)/t18-,20?/m0/s1. The number of amides is 2. The number of carboxylic acid groups (broad SMARTS) is 1. The van der Waals surface area contributed by atoms with Gasteiger partial charge in [-0.25, -0.2) is 0 Å². The summed E-state index contributed by atoms with van der Waals surface area (Å²) in [6.07, 6.45) is 4.83. The fourth-order valence-electron chi connectivity index (χ4n) is 4.61. The Balaban J connectivity index is 1.84. The number of aromatic nitrogens is 2. The Bertz CT molecular complexity index is 998. The minimum absolute atomic E-state index is 0.0949. The second-order valence-electron chi connectivity index (χ2n) is 8.65. The average molecular weight is 455 g/mol. The van der Waals surface area contributed by atoms with Crippen molar-refractivity contribution in [3.63, 3.8) is 0 Å². The highest BCUT2D eigenvalue weighted by Gasteiger charge is 2.30. The second kappa shape index (κ2) is 11.1. The molecule has 0 bridgehead atoms. The van der Waals surface area contributed by atoms with Crippen LogP contribution in [0, 0.1) is 6.92 Å². The van der Waals surface area contributed by atoms with Crippen LogP contribution < -0.4 is 5.32 Å². The van der Waals surface area contributed by atoms with Gasteiger partial charge in [0.2, 0.25) is 0 Å². The third-order valence-electron chi connectivity index (χ3n) is 6.29. The van der Waals surface area contributed by atoms with E-state index in [1.54, 1.807) is 4.68 Å². The Morgan fingerprint density at radius 1 is 1.21 bits per heavy atom. The molecule has 2 atom stereocenters. The number of hydrogen-bond acceptors (Lipinski definition) is 4. The van der Waals surface area contributed by atoms with Crippen LogP contribution in [-0.4, -0.2) is 50.2 Å². The van der Waals surface area contributed by atoms with Gasteiger partial charge in [-0.2, -0.15) is 5.10 Å². The van der Waals surface area contributed by atoms with Gasteiger partial charge in [-0.05, 0) is 50.7 Å². The van der Waals surface area contributed by atoms with Crippen LogP contribution in [0.25, 0.3) is 0 Å². The quantitative estimate of drug-likeness (QED) is 0.597. The van der Waals surface area contributed by atoms with Gasteiger partial charge in [-0.15, -0.1) is 0 Å². The molecule has 2 heterocycles. The van der Waals surface area contributed by atoms with E-state index >= 15 is 0 Å². The molecule has 0 aliphatic carbocycles. The summed E-state index contributed by atoms with van der Waals surface area (Å²) in [6, 6.07) is 8.43. The molecule has 2 amide bonds. The number of carbonyl (C=O) groups is 3. The van der Waals surface area contributed by atoms with Crippen molar-refractivity contribution in [1.29, 1.82) is 0 Å².